The third kappa shape index (κ3) is 3.56. The summed E-state index contributed by atoms with van der Waals surface area (Å²) in [5.74, 6) is 1.65. The zero-order valence-corrected chi connectivity index (χ0v) is 12.2. The number of piperazine rings is 1. The predicted molar refractivity (Wildman–Crippen MR) is 83.4 cm³/mol. The van der Waals surface area contributed by atoms with E-state index in [-0.39, 0.29) is 6.09 Å². The van der Waals surface area contributed by atoms with Crippen LogP contribution in [0.2, 0.25) is 0 Å². The molecule has 22 heavy (non-hydrogen) atoms. The van der Waals surface area contributed by atoms with Gasteiger partial charge in [0.15, 0.2) is 11.5 Å². The lowest BCUT2D eigenvalue weighted by Crippen LogP contribution is -2.47. The van der Waals surface area contributed by atoms with Crippen LogP contribution in [0, 0.1) is 0 Å². The standard InChI is InChI=1S/C17H18N2O3/c20-17(19-12-10-18-11-13-19)22-16-9-5-4-8-15(16)21-14-6-2-1-3-7-14/h1-9,18H,10-13H2. The Morgan fingerprint density at radius 1 is 0.909 bits per heavy atom. The van der Waals surface area contributed by atoms with Gasteiger partial charge >= 0.3 is 6.09 Å². The summed E-state index contributed by atoms with van der Waals surface area (Å²) in [6.07, 6.45) is -0.342. The van der Waals surface area contributed by atoms with Crippen molar-refractivity contribution in [3.63, 3.8) is 0 Å². The van der Waals surface area contributed by atoms with Gasteiger partial charge in [-0.1, -0.05) is 30.3 Å². The molecule has 0 aromatic heterocycles. The summed E-state index contributed by atoms with van der Waals surface area (Å²) in [4.78, 5) is 13.9. The van der Waals surface area contributed by atoms with Crippen LogP contribution in [0.25, 0.3) is 0 Å². The van der Waals surface area contributed by atoms with Crippen LogP contribution in [0.3, 0.4) is 0 Å². The Hall–Kier alpha value is -2.53. The predicted octanol–water partition coefficient (Wildman–Crippen LogP) is 2.88. The molecule has 0 spiro atoms. The number of para-hydroxylation sites is 3. The molecule has 0 atom stereocenters. The summed E-state index contributed by atoms with van der Waals surface area (Å²) in [5, 5.41) is 3.20. The van der Waals surface area contributed by atoms with Crippen LogP contribution in [0.4, 0.5) is 4.79 Å². The van der Waals surface area contributed by atoms with Crippen LogP contribution < -0.4 is 14.8 Å². The molecule has 114 valence electrons. The number of rotatable bonds is 3. The van der Waals surface area contributed by atoms with E-state index in [1.807, 2.05) is 42.5 Å². The molecule has 2 aromatic rings. The molecule has 3 rings (SSSR count). The van der Waals surface area contributed by atoms with Crippen molar-refractivity contribution in [1.29, 1.82) is 0 Å². The molecule has 0 saturated carbocycles. The zero-order chi connectivity index (χ0) is 15.2. The second kappa shape index (κ2) is 6.95. The molecule has 1 aliphatic heterocycles. The first kappa shape index (κ1) is 14.4. The number of carbonyl (C=O) groups is 1. The van der Waals surface area contributed by atoms with Crippen molar-refractivity contribution in [2.24, 2.45) is 0 Å². The molecule has 1 N–H and O–H groups in total. The van der Waals surface area contributed by atoms with Gasteiger partial charge in [-0.25, -0.2) is 4.79 Å². The SMILES string of the molecule is O=C(Oc1ccccc1Oc1ccccc1)N1CCNCC1. The third-order valence-corrected chi connectivity index (χ3v) is 3.39. The maximum atomic E-state index is 12.2. The van der Waals surface area contributed by atoms with Crippen molar-refractivity contribution in [2.75, 3.05) is 26.2 Å². The number of amides is 1. The summed E-state index contributed by atoms with van der Waals surface area (Å²) in [6.45, 7) is 2.88. The van der Waals surface area contributed by atoms with Crippen molar-refractivity contribution < 1.29 is 14.3 Å². The fourth-order valence-corrected chi connectivity index (χ4v) is 2.24. The van der Waals surface area contributed by atoms with Crippen LogP contribution in [-0.2, 0) is 0 Å². The van der Waals surface area contributed by atoms with Crippen molar-refractivity contribution in [2.45, 2.75) is 0 Å². The van der Waals surface area contributed by atoms with Gasteiger partial charge in [0, 0.05) is 26.2 Å². The average Bonchev–Trinajstić information content (AvgIpc) is 2.58. The molecule has 0 aliphatic carbocycles. The molecule has 0 bridgehead atoms. The van der Waals surface area contributed by atoms with Gasteiger partial charge in [0.25, 0.3) is 0 Å². The summed E-state index contributed by atoms with van der Waals surface area (Å²) in [7, 11) is 0. The molecule has 0 unspecified atom stereocenters. The van der Waals surface area contributed by atoms with Crippen LogP contribution in [0.15, 0.2) is 54.6 Å². The minimum absolute atomic E-state index is 0.342. The minimum Gasteiger partial charge on any atom is -0.453 e. The Balaban J connectivity index is 1.72. The molecule has 1 saturated heterocycles. The number of hydrogen-bond donors (Lipinski definition) is 1. The summed E-state index contributed by atoms with van der Waals surface area (Å²) >= 11 is 0. The summed E-state index contributed by atoms with van der Waals surface area (Å²) in [6, 6.07) is 16.6. The maximum Gasteiger partial charge on any atom is 0.415 e. The van der Waals surface area contributed by atoms with E-state index in [0.29, 0.717) is 30.3 Å². The first-order chi connectivity index (χ1) is 10.8. The molecule has 2 aromatic carbocycles. The fraction of sp³-hybridized carbons (Fsp3) is 0.235. The number of ether oxygens (including phenoxy) is 2. The van der Waals surface area contributed by atoms with Gasteiger partial charge in [-0.3, -0.25) is 0 Å². The van der Waals surface area contributed by atoms with E-state index in [0.717, 1.165) is 13.1 Å². The average molecular weight is 298 g/mol. The zero-order valence-electron chi connectivity index (χ0n) is 12.2. The van der Waals surface area contributed by atoms with E-state index in [9.17, 15) is 4.79 Å². The molecule has 5 nitrogen and oxygen atoms in total. The second-order valence-corrected chi connectivity index (χ2v) is 4.97. The van der Waals surface area contributed by atoms with Gasteiger partial charge in [-0.05, 0) is 24.3 Å². The number of carbonyl (C=O) groups excluding carboxylic acids is 1. The maximum absolute atomic E-state index is 12.2. The van der Waals surface area contributed by atoms with Gasteiger partial charge in [-0.2, -0.15) is 0 Å². The lowest BCUT2D eigenvalue weighted by Gasteiger charge is -2.26. The lowest BCUT2D eigenvalue weighted by molar-refractivity contribution is 0.144. The molecular formula is C17H18N2O3. The molecule has 5 heteroatoms. The minimum atomic E-state index is -0.342. The number of hydrogen-bond acceptors (Lipinski definition) is 4. The molecule has 1 heterocycles. The summed E-state index contributed by atoms with van der Waals surface area (Å²) in [5.41, 5.74) is 0. The molecule has 1 amide bonds. The van der Waals surface area contributed by atoms with Crippen molar-refractivity contribution in [1.82, 2.24) is 10.2 Å². The molecule has 1 aliphatic rings. The smallest absolute Gasteiger partial charge is 0.415 e. The highest BCUT2D eigenvalue weighted by Gasteiger charge is 2.19. The van der Waals surface area contributed by atoms with E-state index in [4.69, 9.17) is 9.47 Å². The van der Waals surface area contributed by atoms with Crippen LogP contribution in [0.1, 0.15) is 0 Å². The Morgan fingerprint density at radius 2 is 1.55 bits per heavy atom. The van der Waals surface area contributed by atoms with E-state index >= 15 is 0 Å². The van der Waals surface area contributed by atoms with Crippen molar-refractivity contribution in [3.8, 4) is 17.2 Å². The van der Waals surface area contributed by atoms with E-state index < -0.39 is 0 Å². The Morgan fingerprint density at radius 3 is 2.27 bits per heavy atom. The Bertz CT molecular complexity index is 625. The monoisotopic (exact) mass is 298 g/mol. The first-order valence-corrected chi connectivity index (χ1v) is 7.32. The van der Waals surface area contributed by atoms with Crippen LogP contribution in [-0.4, -0.2) is 37.2 Å². The highest BCUT2D eigenvalue weighted by atomic mass is 16.6. The lowest BCUT2D eigenvalue weighted by atomic mass is 10.3. The highest BCUT2D eigenvalue weighted by Crippen LogP contribution is 2.31. The number of benzene rings is 2. The molecule has 1 fully saturated rings. The highest BCUT2D eigenvalue weighted by molar-refractivity contribution is 5.72. The Kier molecular flexibility index (Phi) is 4.56. The van der Waals surface area contributed by atoms with Gasteiger partial charge < -0.3 is 19.7 Å². The number of nitrogens with zero attached hydrogens (tertiary/aromatic N) is 1. The van der Waals surface area contributed by atoms with Gasteiger partial charge in [-0.15, -0.1) is 0 Å². The van der Waals surface area contributed by atoms with Crippen molar-refractivity contribution >= 4 is 6.09 Å². The van der Waals surface area contributed by atoms with Gasteiger partial charge in [0.05, 0.1) is 0 Å². The van der Waals surface area contributed by atoms with Crippen LogP contribution in [0.5, 0.6) is 17.2 Å². The fourth-order valence-electron chi connectivity index (χ4n) is 2.24. The van der Waals surface area contributed by atoms with E-state index in [1.54, 1.807) is 17.0 Å². The normalized spacial score (nSPS) is 14.5. The largest absolute Gasteiger partial charge is 0.453 e. The third-order valence-electron chi connectivity index (χ3n) is 3.39. The quantitative estimate of drug-likeness (QED) is 0.946. The topological polar surface area (TPSA) is 50.8 Å². The Labute approximate surface area is 129 Å². The molecule has 0 radical (unpaired) electrons. The molecular weight excluding hydrogens is 280 g/mol. The number of nitrogens with one attached hydrogen (secondary N) is 1. The van der Waals surface area contributed by atoms with E-state index in [1.165, 1.54) is 0 Å². The second-order valence-electron chi connectivity index (χ2n) is 4.97. The van der Waals surface area contributed by atoms with Gasteiger partial charge in [0.2, 0.25) is 0 Å². The van der Waals surface area contributed by atoms with Crippen molar-refractivity contribution in [3.05, 3.63) is 54.6 Å². The van der Waals surface area contributed by atoms with Gasteiger partial charge in [0.1, 0.15) is 5.75 Å². The van der Waals surface area contributed by atoms with E-state index in [2.05, 4.69) is 5.32 Å². The van der Waals surface area contributed by atoms with Crippen LogP contribution >= 0.6 is 0 Å². The summed E-state index contributed by atoms with van der Waals surface area (Å²) < 4.78 is 11.3. The first-order valence-electron chi connectivity index (χ1n) is 7.32.